The highest BCUT2D eigenvalue weighted by molar-refractivity contribution is 7.11. The van der Waals surface area contributed by atoms with Gasteiger partial charge in [-0.05, 0) is 19.8 Å². The Morgan fingerprint density at radius 2 is 2.29 bits per heavy atom. The molecule has 1 N–H and O–H groups in total. The van der Waals surface area contributed by atoms with Crippen LogP contribution < -0.4 is 5.32 Å². The van der Waals surface area contributed by atoms with Gasteiger partial charge < -0.3 is 14.6 Å². The van der Waals surface area contributed by atoms with Crippen molar-refractivity contribution in [1.82, 2.24) is 25.3 Å². The molecule has 0 aliphatic carbocycles. The Kier molecular flexibility index (Phi) is 5.54. The molecule has 0 bridgehead atoms. The number of methoxy groups -OCH3 is 1. The Labute approximate surface area is 144 Å². The minimum absolute atomic E-state index is 0.0178. The molecule has 3 rings (SSSR count). The number of carbonyl (C=O) groups is 1. The third-order valence-electron chi connectivity index (χ3n) is 4.02. The van der Waals surface area contributed by atoms with Crippen LogP contribution in [0.5, 0.6) is 0 Å². The summed E-state index contributed by atoms with van der Waals surface area (Å²) < 4.78 is 10.1. The lowest BCUT2D eigenvalue weighted by atomic mass is 10.0. The van der Waals surface area contributed by atoms with Crippen molar-refractivity contribution in [3.8, 4) is 0 Å². The van der Waals surface area contributed by atoms with Gasteiger partial charge in [0.2, 0.25) is 0 Å². The summed E-state index contributed by atoms with van der Waals surface area (Å²) in [5.41, 5.74) is 2.49. The highest BCUT2D eigenvalue weighted by Crippen LogP contribution is 2.16. The molecular weight excluding hydrogens is 330 g/mol. The van der Waals surface area contributed by atoms with Crippen molar-refractivity contribution in [3.05, 3.63) is 27.8 Å². The molecule has 1 aliphatic heterocycles. The maximum absolute atomic E-state index is 12.2. The van der Waals surface area contributed by atoms with Crippen molar-refractivity contribution < 1.29 is 14.1 Å². The second kappa shape index (κ2) is 7.82. The number of carbonyl (C=O) groups excluding carboxylic acids is 1. The van der Waals surface area contributed by atoms with E-state index in [-0.39, 0.29) is 11.9 Å². The quantitative estimate of drug-likeness (QED) is 0.840. The van der Waals surface area contributed by atoms with E-state index < -0.39 is 0 Å². The third-order valence-corrected chi connectivity index (χ3v) is 4.94. The fraction of sp³-hybridized carbons (Fsp3) is 0.600. The molecule has 24 heavy (non-hydrogen) atoms. The zero-order valence-corrected chi connectivity index (χ0v) is 14.6. The maximum atomic E-state index is 12.2. The topological polar surface area (TPSA) is 93.4 Å². The summed E-state index contributed by atoms with van der Waals surface area (Å²) >= 11 is 1.38. The molecule has 2 aromatic heterocycles. The van der Waals surface area contributed by atoms with Crippen molar-refractivity contribution in [3.63, 3.8) is 0 Å². The Hall–Kier alpha value is -1.84. The van der Waals surface area contributed by atoms with Gasteiger partial charge in [-0.2, -0.15) is 4.98 Å². The molecule has 0 atom stereocenters. The summed E-state index contributed by atoms with van der Waals surface area (Å²) in [4.78, 5) is 23.6. The van der Waals surface area contributed by atoms with Crippen LogP contribution >= 0.6 is 11.3 Å². The van der Waals surface area contributed by atoms with E-state index in [9.17, 15) is 4.79 Å². The average Bonchev–Trinajstić information content (AvgIpc) is 3.19. The van der Waals surface area contributed by atoms with Gasteiger partial charge in [-0.3, -0.25) is 9.69 Å². The summed E-state index contributed by atoms with van der Waals surface area (Å²) in [5.74, 6) is 1.15. The molecule has 9 heteroatoms. The molecular formula is C15H21N5O3S. The Balaban J connectivity index is 1.45. The van der Waals surface area contributed by atoms with Crippen LogP contribution in [0.3, 0.4) is 0 Å². The fourth-order valence-electron chi connectivity index (χ4n) is 2.74. The van der Waals surface area contributed by atoms with E-state index in [4.69, 9.17) is 9.26 Å². The van der Waals surface area contributed by atoms with Gasteiger partial charge in [-0.15, -0.1) is 11.3 Å². The van der Waals surface area contributed by atoms with Crippen molar-refractivity contribution in [2.24, 2.45) is 0 Å². The number of aromatic nitrogens is 3. The first kappa shape index (κ1) is 17.0. The molecule has 3 heterocycles. The van der Waals surface area contributed by atoms with E-state index >= 15 is 0 Å². The standard InChI is InChI=1S/C15H21N5O3S/c1-10-14(24-9-16-10)15(21)17-11-3-5-20(6-4-11)7-12-18-13(8-22-2)23-19-12/h9,11H,3-8H2,1-2H3,(H,17,21). The molecule has 0 radical (unpaired) electrons. The SMILES string of the molecule is COCc1nc(CN2CCC(NC(=O)c3scnc3C)CC2)no1. The van der Waals surface area contributed by atoms with Crippen molar-refractivity contribution in [1.29, 1.82) is 0 Å². The zero-order chi connectivity index (χ0) is 16.9. The Morgan fingerprint density at radius 3 is 2.96 bits per heavy atom. The number of thiazole rings is 1. The van der Waals surface area contributed by atoms with Crippen molar-refractivity contribution >= 4 is 17.2 Å². The molecule has 0 spiro atoms. The van der Waals surface area contributed by atoms with E-state index in [1.807, 2.05) is 6.92 Å². The van der Waals surface area contributed by atoms with E-state index in [0.717, 1.165) is 31.6 Å². The number of aryl methyl sites for hydroxylation is 1. The molecule has 2 aromatic rings. The summed E-state index contributed by atoms with van der Waals surface area (Å²) in [6.07, 6.45) is 1.82. The molecule has 1 aliphatic rings. The minimum Gasteiger partial charge on any atom is -0.375 e. The minimum atomic E-state index is -0.0178. The van der Waals surface area contributed by atoms with E-state index in [2.05, 4.69) is 25.3 Å². The molecule has 0 aromatic carbocycles. The molecule has 1 amide bonds. The van der Waals surface area contributed by atoms with Gasteiger partial charge in [0.15, 0.2) is 5.82 Å². The molecule has 0 unspecified atom stereocenters. The second-order valence-electron chi connectivity index (χ2n) is 5.83. The van der Waals surface area contributed by atoms with E-state index in [0.29, 0.717) is 29.7 Å². The van der Waals surface area contributed by atoms with Crippen LogP contribution in [0.15, 0.2) is 10.0 Å². The van der Waals surface area contributed by atoms with E-state index in [1.165, 1.54) is 11.3 Å². The number of nitrogens with one attached hydrogen (secondary N) is 1. The van der Waals surface area contributed by atoms with Gasteiger partial charge in [0.1, 0.15) is 11.5 Å². The summed E-state index contributed by atoms with van der Waals surface area (Å²) in [7, 11) is 1.59. The predicted molar refractivity (Wildman–Crippen MR) is 87.6 cm³/mol. The van der Waals surface area contributed by atoms with Crippen molar-refractivity contribution in [2.45, 2.75) is 39.0 Å². The molecule has 1 fully saturated rings. The van der Waals surface area contributed by atoms with Crippen LogP contribution in [0.4, 0.5) is 0 Å². The van der Waals surface area contributed by atoms with Crippen LogP contribution in [0.2, 0.25) is 0 Å². The highest BCUT2D eigenvalue weighted by atomic mass is 32.1. The zero-order valence-electron chi connectivity index (χ0n) is 13.8. The first-order valence-electron chi connectivity index (χ1n) is 7.89. The van der Waals surface area contributed by atoms with Crippen LogP contribution in [0.1, 0.15) is 39.9 Å². The lowest BCUT2D eigenvalue weighted by Gasteiger charge is -2.31. The van der Waals surface area contributed by atoms with Gasteiger partial charge in [-0.25, -0.2) is 4.98 Å². The number of hydrogen-bond donors (Lipinski definition) is 1. The molecule has 0 saturated carbocycles. The van der Waals surface area contributed by atoms with Gasteiger partial charge in [-0.1, -0.05) is 5.16 Å². The first-order chi connectivity index (χ1) is 11.7. The van der Waals surface area contributed by atoms with Gasteiger partial charge in [0.05, 0.1) is 17.7 Å². The molecule has 8 nitrogen and oxygen atoms in total. The summed E-state index contributed by atoms with van der Waals surface area (Å²) in [5, 5.41) is 7.06. The third kappa shape index (κ3) is 4.16. The summed E-state index contributed by atoms with van der Waals surface area (Å²) in [6.45, 7) is 4.62. The largest absolute Gasteiger partial charge is 0.375 e. The molecule has 1 saturated heterocycles. The number of nitrogens with zero attached hydrogens (tertiary/aromatic N) is 4. The number of ether oxygens (including phenoxy) is 1. The number of piperidine rings is 1. The second-order valence-corrected chi connectivity index (χ2v) is 6.68. The lowest BCUT2D eigenvalue weighted by Crippen LogP contribution is -2.44. The van der Waals surface area contributed by atoms with Crippen LogP contribution in [0, 0.1) is 6.92 Å². The van der Waals surface area contributed by atoms with Crippen molar-refractivity contribution in [2.75, 3.05) is 20.2 Å². The lowest BCUT2D eigenvalue weighted by molar-refractivity contribution is 0.0911. The fourth-order valence-corrected chi connectivity index (χ4v) is 3.45. The van der Waals surface area contributed by atoms with Crippen LogP contribution in [0.25, 0.3) is 0 Å². The Morgan fingerprint density at radius 1 is 1.50 bits per heavy atom. The first-order valence-corrected chi connectivity index (χ1v) is 8.77. The average molecular weight is 351 g/mol. The van der Waals surface area contributed by atoms with Gasteiger partial charge in [0.25, 0.3) is 11.8 Å². The number of hydrogen-bond acceptors (Lipinski definition) is 8. The number of amides is 1. The van der Waals surface area contributed by atoms with E-state index in [1.54, 1.807) is 12.6 Å². The normalized spacial score (nSPS) is 16.4. The van der Waals surface area contributed by atoms with Crippen LogP contribution in [-0.4, -0.2) is 52.2 Å². The predicted octanol–water partition coefficient (Wildman–Crippen LogP) is 1.38. The van der Waals surface area contributed by atoms with Crippen LogP contribution in [-0.2, 0) is 17.9 Å². The number of rotatable bonds is 6. The number of likely N-dealkylation sites (tertiary alicyclic amines) is 1. The molecule has 130 valence electrons. The Bertz CT molecular complexity index is 678. The highest BCUT2D eigenvalue weighted by Gasteiger charge is 2.23. The maximum Gasteiger partial charge on any atom is 0.263 e. The van der Waals surface area contributed by atoms with Gasteiger partial charge in [0, 0.05) is 26.2 Å². The monoisotopic (exact) mass is 351 g/mol. The van der Waals surface area contributed by atoms with Gasteiger partial charge >= 0.3 is 0 Å². The smallest absolute Gasteiger partial charge is 0.263 e. The summed E-state index contributed by atoms with van der Waals surface area (Å²) in [6, 6.07) is 0.199.